The van der Waals surface area contributed by atoms with Gasteiger partial charge in [-0.3, -0.25) is 0 Å². The number of hydrogen-bond donors (Lipinski definition) is 1. The molecule has 2 rings (SSSR count). The quantitative estimate of drug-likeness (QED) is 0.897. The number of aliphatic hydroxyl groups excluding tert-OH is 1. The molecule has 0 aliphatic rings. The van der Waals surface area contributed by atoms with Gasteiger partial charge in [0.15, 0.2) is 0 Å². The van der Waals surface area contributed by atoms with Gasteiger partial charge in [0, 0.05) is 10.0 Å². The van der Waals surface area contributed by atoms with E-state index < -0.39 is 6.10 Å². The molecule has 0 fully saturated rings. The van der Waals surface area contributed by atoms with Crippen LogP contribution in [0.15, 0.2) is 34.8 Å². The van der Waals surface area contributed by atoms with Gasteiger partial charge < -0.3 is 9.84 Å². The zero-order chi connectivity index (χ0) is 14.9. The second kappa shape index (κ2) is 5.98. The highest BCUT2D eigenvalue weighted by Gasteiger charge is 2.18. The molecule has 3 heteroatoms. The Morgan fingerprint density at radius 3 is 2.30 bits per heavy atom. The third-order valence-corrected chi connectivity index (χ3v) is 4.38. The van der Waals surface area contributed by atoms with Crippen LogP contribution in [-0.4, -0.2) is 12.2 Å². The van der Waals surface area contributed by atoms with E-state index in [0.29, 0.717) is 5.75 Å². The molecule has 0 aromatic heterocycles. The van der Waals surface area contributed by atoms with Gasteiger partial charge in [0.05, 0.1) is 7.11 Å². The molecule has 2 aromatic rings. The van der Waals surface area contributed by atoms with Crippen LogP contribution in [0, 0.1) is 20.8 Å². The van der Waals surface area contributed by atoms with Gasteiger partial charge >= 0.3 is 0 Å². The van der Waals surface area contributed by atoms with Crippen molar-refractivity contribution in [1.82, 2.24) is 0 Å². The lowest BCUT2D eigenvalue weighted by molar-refractivity contribution is 0.214. The van der Waals surface area contributed by atoms with Crippen LogP contribution < -0.4 is 4.74 Å². The van der Waals surface area contributed by atoms with E-state index in [1.807, 2.05) is 45.0 Å². The standard InChI is InChI=1S/C17H19BrO2/c1-10-5-6-13(11(2)7-10)17(19)14-9-15(18)12(3)8-16(14)20-4/h5-9,17,19H,1-4H3. The molecule has 1 N–H and O–H groups in total. The topological polar surface area (TPSA) is 29.5 Å². The minimum Gasteiger partial charge on any atom is -0.496 e. The monoisotopic (exact) mass is 334 g/mol. The zero-order valence-electron chi connectivity index (χ0n) is 12.2. The lowest BCUT2D eigenvalue weighted by atomic mass is 9.95. The number of ether oxygens (including phenoxy) is 1. The number of aliphatic hydroxyl groups is 1. The molecule has 0 aliphatic carbocycles. The van der Waals surface area contributed by atoms with E-state index in [2.05, 4.69) is 22.0 Å². The summed E-state index contributed by atoms with van der Waals surface area (Å²) in [6.07, 6.45) is -0.692. The van der Waals surface area contributed by atoms with Crippen molar-refractivity contribution in [1.29, 1.82) is 0 Å². The zero-order valence-corrected chi connectivity index (χ0v) is 13.8. The number of halogens is 1. The number of aryl methyl sites for hydroxylation is 3. The molecule has 0 aliphatic heterocycles. The Morgan fingerprint density at radius 2 is 1.70 bits per heavy atom. The first kappa shape index (κ1) is 15.1. The second-order valence-corrected chi connectivity index (χ2v) is 5.96. The Balaban J connectivity index is 2.52. The van der Waals surface area contributed by atoms with Crippen LogP contribution in [0.25, 0.3) is 0 Å². The van der Waals surface area contributed by atoms with Crippen molar-refractivity contribution in [3.63, 3.8) is 0 Å². The summed E-state index contributed by atoms with van der Waals surface area (Å²) in [5.74, 6) is 0.707. The largest absolute Gasteiger partial charge is 0.496 e. The summed E-state index contributed by atoms with van der Waals surface area (Å²) in [5, 5.41) is 10.7. The number of rotatable bonds is 3. The van der Waals surface area contributed by atoms with E-state index in [0.717, 1.165) is 26.7 Å². The Bertz CT molecular complexity index is 635. The molecule has 20 heavy (non-hydrogen) atoms. The molecule has 106 valence electrons. The fraction of sp³-hybridized carbons (Fsp3) is 0.294. The normalized spacial score (nSPS) is 12.3. The molecule has 0 radical (unpaired) electrons. The molecule has 2 nitrogen and oxygen atoms in total. The van der Waals surface area contributed by atoms with Crippen LogP contribution in [0.4, 0.5) is 0 Å². The van der Waals surface area contributed by atoms with Gasteiger partial charge in [0.25, 0.3) is 0 Å². The molecule has 0 heterocycles. The van der Waals surface area contributed by atoms with E-state index in [1.165, 1.54) is 5.56 Å². The summed E-state index contributed by atoms with van der Waals surface area (Å²) in [7, 11) is 1.63. The minimum absolute atomic E-state index is 0.692. The van der Waals surface area contributed by atoms with Crippen LogP contribution in [0.1, 0.15) is 33.9 Å². The molecular weight excluding hydrogens is 316 g/mol. The summed E-state index contributed by atoms with van der Waals surface area (Å²) in [5.41, 5.74) is 5.03. The third-order valence-electron chi connectivity index (χ3n) is 3.53. The molecular formula is C17H19BrO2. The molecule has 0 spiro atoms. The van der Waals surface area contributed by atoms with Crippen molar-refractivity contribution in [2.75, 3.05) is 7.11 Å². The molecule has 0 amide bonds. The lowest BCUT2D eigenvalue weighted by Crippen LogP contribution is -2.05. The highest BCUT2D eigenvalue weighted by Crippen LogP contribution is 2.35. The SMILES string of the molecule is COc1cc(C)c(Br)cc1C(O)c1ccc(C)cc1C. The molecule has 0 bridgehead atoms. The number of hydrogen-bond acceptors (Lipinski definition) is 2. The lowest BCUT2D eigenvalue weighted by Gasteiger charge is -2.18. The van der Waals surface area contributed by atoms with E-state index in [4.69, 9.17) is 4.74 Å². The van der Waals surface area contributed by atoms with Gasteiger partial charge in [-0.05, 0) is 49.6 Å². The highest BCUT2D eigenvalue weighted by molar-refractivity contribution is 9.10. The Labute approximate surface area is 128 Å². The highest BCUT2D eigenvalue weighted by atomic mass is 79.9. The van der Waals surface area contributed by atoms with Gasteiger partial charge in [0.2, 0.25) is 0 Å². The van der Waals surface area contributed by atoms with E-state index in [9.17, 15) is 5.11 Å². The van der Waals surface area contributed by atoms with Crippen molar-refractivity contribution >= 4 is 15.9 Å². The first-order chi connectivity index (χ1) is 9.43. The summed E-state index contributed by atoms with van der Waals surface area (Å²) in [4.78, 5) is 0. The maximum Gasteiger partial charge on any atom is 0.125 e. The molecule has 0 saturated carbocycles. The summed E-state index contributed by atoms with van der Waals surface area (Å²) < 4.78 is 6.38. The minimum atomic E-state index is -0.692. The summed E-state index contributed by atoms with van der Waals surface area (Å²) in [6, 6.07) is 9.93. The predicted molar refractivity (Wildman–Crippen MR) is 85.4 cm³/mol. The van der Waals surface area contributed by atoms with Gasteiger partial charge in [0.1, 0.15) is 11.9 Å². The molecule has 0 saturated heterocycles. The van der Waals surface area contributed by atoms with E-state index >= 15 is 0 Å². The van der Waals surface area contributed by atoms with Crippen molar-refractivity contribution in [3.05, 3.63) is 62.6 Å². The number of methoxy groups -OCH3 is 1. The van der Waals surface area contributed by atoms with Crippen LogP contribution in [0.3, 0.4) is 0 Å². The van der Waals surface area contributed by atoms with Crippen LogP contribution in [-0.2, 0) is 0 Å². The first-order valence-electron chi connectivity index (χ1n) is 6.53. The van der Waals surface area contributed by atoms with Crippen LogP contribution >= 0.6 is 15.9 Å². The van der Waals surface area contributed by atoms with Crippen molar-refractivity contribution < 1.29 is 9.84 Å². The second-order valence-electron chi connectivity index (χ2n) is 5.11. The Hall–Kier alpha value is -1.32. The van der Waals surface area contributed by atoms with E-state index in [-0.39, 0.29) is 0 Å². The van der Waals surface area contributed by atoms with Crippen LogP contribution in [0.2, 0.25) is 0 Å². The van der Waals surface area contributed by atoms with E-state index in [1.54, 1.807) is 7.11 Å². The van der Waals surface area contributed by atoms with Crippen LogP contribution in [0.5, 0.6) is 5.75 Å². The van der Waals surface area contributed by atoms with Gasteiger partial charge in [-0.1, -0.05) is 39.7 Å². The molecule has 2 aromatic carbocycles. The van der Waals surface area contributed by atoms with Gasteiger partial charge in [-0.15, -0.1) is 0 Å². The van der Waals surface area contributed by atoms with Gasteiger partial charge in [-0.2, -0.15) is 0 Å². The maximum atomic E-state index is 10.7. The van der Waals surface area contributed by atoms with Gasteiger partial charge in [-0.25, -0.2) is 0 Å². The van der Waals surface area contributed by atoms with Crippen molar-refractivity contribution in [2.24, 2.45) is 0 Å². The summed E-state index contributed by atoms with van der Waals surface area (Å²) >= 11 is 3.51. The first-order valence-corrected chi connectivity index (χ1v) is 7.32. The smallest absolute Gasteiger partial charge is 0.125 e. The fourth-order valence-corrected chi connectivity index (χ4v) is 2.72. The molecule has 1 atom stereocenters. The third kappa shape index (κ3) is 2.89. The van der Waals surface area contributed by atoms with Crippen molar-refractivity contribution in [2.45, 2.75) is 26.9 Å². The maximum absolute atomic E-state index is 10.7. The Kier molecular flexibility index (Phi) is 4.51. The van der Waals surface area contributed by atoms with Crippen molar-refractivity contribution in [3.8, 4) is 5.75 Å². The average molecular weight is 335 g/mol. The average Bonchev–Trinajstić information content (AvgIpc) is 2.40. The number of benzene rings is 2. The summed E-state index contributed by atoms with van der Waals surface area (Å²) in [6.45, 7) is 6.06. The molecule has 1 unspecified atom stereocenters. The fourth-order valence-electron chi connectivity index (χ4n) is 2.36. The predicted octanol–water partition coefficient (Wildman–Crippen LogP) is 4.46. The Morgan fingerprint density at radius 1 is 1.00 bits per heavy atom.